The van der Waals surface area contributed by atoms with E-state index in [1.165, 1.54) is 25.8 Å². The van der Waals surface area contributed by atoms with Crippen molar-refractivity contribution in [2.45, 2.75) is 50.6 Å². The summed E-state index contributed by atoms with van der Waals surface area (Å²) < 4.78 is 0. The van der Waals surface area contributed by atoms with Crippen molar-refractivity contribution in [3.05, 3.63) is 18.6 Å². The number of anilines is 1. The second-order valence-corrected chi connectivity index (χ2v) is 7.78. The van der Waals surface area contributed by atoms with Gasteiger partial charge in [-0.1, -0.05) is 0 Å². The highest BCUT2D eigenvalue weighted by molar-refractivity contribution is 5.80. The lowest BCUT2D eigenvalue weighted by molar-refractivity contribution is -0.137. The molecule has 6 heteroatoms. The fourth-order valence-electron chi connectivity index (χ4n) is 4.96. The van der Waals surface area contributed by atoms with Gasteiger partial charge in [0.1, 0.15) is 5.82 Å². The number of carbonyl (C=O) groups excluding carboxylic acids is 1. The molecule has 0 saturated carbocycles. The van der Waals surface area contributed by atoms with E-state index in [-0.39, 0.29) is 5.92 Å². The highest BCUT2D eigenvalue weighted by atomic mass is 16.2. The van der Waals surface area contributed by atoms with Crippen LogP contribution in [0.1, 0.15) is 38.5 Å². The number of likely N-dealkylation sites (N-methyl/N-ethyl adjacent to an activating group) is 1. The quantitative estimate of drug-likeness (QED) is 0.837. The van der Waals surface area contributed by atoms with Crippen LogP contribution in [0.25, 0.3) is 0 Å². The molecule has 0 unspecified atom stereocenters. The minimum Gasteiger partial charge on any atom is -0.355 e. The Balaban J connectivity index is 1.44. The summed E-state index contributed by atoms with van der Waals surface area (Å²) in [5.41, 5.74) is 0. The zero-order valence-electron chi connectivity index (χ0n) is 15.2. The van der Waals surface area contributed by atoms with Crippen LogP contribution in [0.5, 0.6) is 0 Å². The SMILES string of the molecule is CN1CCC[C@@H]1[C@H]1CCCN1C(=O)[C@H]1CCCN(c2cnccn2)C1. The van der Waals surface area contributed by atoms with Crippen molar-refractivity contribution in [1.82, 2.24) is 19.8 Å². The molecule has 1 amide bonds. The number of hydrogen-bond acceptors (Lipinski definition) is 5. The smallest absolute Gasteiger partial charge is 0.227 e. The van der Waals surface area contributed by atoms with Crippen LogP contribution in [0, 0.1) is 5.92 Å². The summed E-state index contributed by atoms with van der Waals surface area (Å²) in [6.07, 6.45) is 12.1. The maximum Gasteiger partial charge on any atom is 0.227 e. The fraction of sp³-hybridized carbons (Fsp3) is 0.737. The Kier molecular flexibility index (Phi) is 4.88. The highest BCUT2D eigenvalue weighted by Crippen LogP contribution is 2.32. The molecule has 4 rings (SSSR count). The van der Waals surface area contributed by atoms with E-state index in [1.54, 1.807) is 18.6 Å². The normalized spacial score (nSPS) is 30.8. The van der Waals surface area contributed by atoms with E-state index >= 15 is 0 Å². The Morgan fingerprint density at radius 1 is 1.04 bits per heavy atom. The third-order valence-electron chi connectivity index (χ3n) is 6.25. The molecule has 3 aliphatic rings. The van der Waals surface area contributed by atoms with Crippen LogP contribution < -0.4 is 4.90 Å². The lowest BCUT2D eigenvalue weighted by Crippen LogP contribution is -2.51. The second kappa shape index (κ2) is 7.28. The fourth-order valence-corrected chi connectivity index (χ4v) is 4.96. The summed E-state index contributed by atoms with van der Waals surface area (Å²) in [7, 11) is 2.22. The van der Waals surface area contributed by atoms with Crippen LogP contribution >= 0.6 is 0 Å². The average molecular weight is 343 g/mol. The minimum atomic E-state index is 0.100. The molecule has 136 valence electrons. The average Bonchev–Trinajstić information content (AvgIpc) is 3.30. The van der Waals surface area contributed by atoms with E-state index in [4.69, 9.17) is 0 Å². The molecule has 0 bridgehead atoms. The summed E-state index contributed by atoms with van der Waals surface area (Å²) >= 11 is 0. The van der Waals surface area contributed by atoms with Crippen LogP contribution in [-0.2, 0) is 4.79 Å². The molecular formula is C19H29N5O. The van der Waals surface area contributed by atoms with Crippen molar-refractivity contribution in [3.63, 3.8) is 0 Å². The van der Waals surface area contributed by atoms with Crippen LogP contribution in [0.4, 0.5) is 5.82 Å². The molecule has 0 radical (unpaired) electrons. The minimum absolute atomic E-state index is 0.100. The van der Waals surface area contributed by atoms with Gasteiger partial charge in [0.05, 0.1) is 12.1 Å². The van der Waals surface area contributed by atoms with Gasteiger partial charge in [-0.2, -0.15) is 0 Å². The third kappa shape index (κ3) is 3.36. The number of rotatable bonds is 3. The number of aromatic nitrogens is 2. The first kappa shape index (κ1) is 16.8. The van der Waals surface area contributed by atoms with Crippen LogP contribution in [0.2, 0.25) is 0 Å². The van der Waals surface area contributed by atoms with E-state index in [1.807, 2.05) is 0 Å². The molecule has 0 spiro atoms. The van der Waals surface area contributed by atoms with Crippen molar-refractivity contribution in [3.8, 4) is 0 Å². The molecule has 6 nitrogen and oxygen atoms in total. The van der Waals surface area contributed by atoms with E-state index in [9.17, 15) is 4.79 Å². The highest BCUT2D eigenvalue weighted by Gasteiger charge is 2.41. The predicted molar refractivity (Wildman–Crippen MR) is 97.4 cm³/mol. The lowest BCUT2D eigenvalue weighted by Gasteiger charge is -2.38. The molecule has 4 heterocycles. The number of nitrogens with zero attached hydrogens (tertiary/aromatic N) is 5. The number of hydrogen-bond donors (Lipinski definition) is 0. The van der Waals surface area contributed by atoms with Crippen molar-refractivity contribution < 1.29 is 4.79 Å². The van der Waals surface area contributed by atoms with E-state index in [2.05, 4.69) is 31.7 Å². The number of piperidine rings is 1. The molecule has 0 N–H and O–H groups in total. The van der Waals surface area contributed by atoms with Crippen LogP contribution in [-0.4, -0.2) is 71.0 Å². The first-order valence-electron chi connectivity index (χ1n) is 9.76. The van der Waals surface area contributed by atoms with Gasteiger partial charge in [-0.15, -0.1) is 0 Å². The lowest BCUT2D eigenvalue weighted by atomic mass is 9.95. The number of carbonyl (C=O) groups is 1. The number of likely N-dealkylation sites (tertiary alicyclic amines) is 2. The molecule has 3 aliphatic heterocycles. The standard InChI is InChI=1S/C19H29N5O/c1-22-10-3-6-16(22)17-7-4-12-24(17)19(25)15-5-2-11-23(14-15)18-13-20-8-9-21-18/h8-9,13,15-17H,2-7,10-12,14H2,1H3/t15-,16+,17+/m0/s1. The predicted octanol–water partition coefficient (Wildman–Crippen LogP) is 1.78. The van der Waals surface area contributed by atoms with Crippen molar-refractivity contribution >= 4 is 11.7 Å². The van der Waals surface area contributed by atoms with Gasteiger partial charge >= 0.3 is 0 Å². The zero-order valence-corrected chi connectivity index (χ0v) is 15.2. The van der Waals surface area contributed by atoms with Crippen LogP contribution in [0.15, 0.2) is 18.6 Å². The van der Waals surface area contributed by atoms with Gasteiger partial charge in [-0.25, -0.2) is 4.98 Å². The van der Waals surface area contributed by atoms with Gasteiger partial charge in [-0.3, -0.25) is 9.78 Å². The molecule has 0 aromatic carbocycles. The Labute approximate surface area is 150 Å². The van der Waals surface area contributed by atoms with Gasteiger partial charge < -0.3 is 14.7 Å². The molecular weight excluding hydrogens is 314 g/mol. The van der Waals surface area contributed by atoms with Crippen LogP contribution in [0.3, 0.4) is 0 Å². The molecule has 3 fully saturated rings. The summed E-state index contributed by atoms with van der Waals surface area (Å²) in [6, 6.07) is 0.984. The van der Waals surface area contributed by atoms with Gasteiger partial charge in [0.25, 0.3) is 0 Å². The van der Waals surface area contributed by atoms with E-state index < -0.39 is 0 Å². The second-order valence-electron chi connectivity index (χ2n) is 7.78. The first-order chi connectivity index (χ1) is 12.2. The molecule has 3 atom stereocenters. The molecule has 25 heavy (non-hydrogen) atoms. The molecule has 1 aromatic heterocycles. The van der Waals surface area contributed by atoms with Gasteiger partial charge in [0, 0.05) is 44.1 Å². The van der Waals surface area contributed by atoms with Gasteiger partial charge in [0.2, 0.25) is 5.91 Å². The first-order valence-corrected chi connectivity index (χ1v) is 9.76. The van der Waals surface area contributed by atoms with Crippen molar-refractivity contribution in [2.24, 2.45) is 5.92 Å². The maximum atomic E-state index is 13.3. The molecule has 0 aliphatic carbocycles. The van der Waals surface area contributed by atoms with Crippen molar-refractivity contribution in [2.75, 3.05) is 38.1 Å². The monoisotopic (exact) mass is 343 g/mol. The topological polar surface area (TPSA) is 52.6 Å². The van der Waals surface area contributed by atoms with Crippen molar-refractivity contribution in [1.29, 1.82) is 0 Å². The largest absolute Gasteiger partial charge is 0.355 e. The molecule has 1 aromatic rings. The Bertz CT molecular complexity index is 595. The third-order valence-corrected chi connectivity index (χ3v) is 6.25. The molecule has 3 saturated heterocycles. The summed E-state index contributed by atoms with van der Waals surface area (Å²) in [6.45, 7) is 3.86. The maximum absolute atomic E-state index is 13.3. The van der Waals surface area contributed by atoms with Gasteiger partial charge in [0.15, 0.2) is 0 Å². The number of amides is 1. The van der Waals surface area contributed by atoms with Gasteiger partial charge in [-0.05, 0) is 52.1 Å². The Hall–Kier alpha value is -1.69. The zero-order chi connectivity index (χ0) is 17.2. The Morgan fingerprint density at radius 2 is 1.84 bits per heavy atom. The summed E-state index contributed by atoms with van der Waals surface area (Å²) in [5.74, 6) is 1.37. The van der Waals surface area contributed by atoms with E-state index in [0.717, 1.165) is 44.7 Å². The van der Waals surface area contributed by atoms with E-state index in [0.29, 0.717) is 18.0 Å². The summed E-state index contributed by atoms with van der Waals surface area (Å²) in [4.78, 5) is 28.8. The summed E-state index contributed by atoms with van der Waals surface area (Å²) in [5, 5.41) is 0. The Morgan fingerprint density at radius 3 is 2.60 bits per heavy atom.